The number of piperidine rings is 1. The zero-order valence-electron chi connectivity index (χ0n) is 13.5. The SMILES string of the molecule is COc1cc(N2C[C@@H]3CN4CCCC[C@H]4[C@@H]3C2)ccc1[N+](=O)[O-]. The van der Waals surface area contributed by atoms with E-state index >= 15 is 0 Å². The summed E-state index contributed by atoms with van der Waals surface area (Å²) in [6.45, 7) is 4.60. The van der Waals surface area contributed by atoms with E-state index in [2.05, 4.69) is 9.80 Å². The molecule has 3 aliphatic rings. The predicted octanol–water partition coefficient (Wildman–Crippen LogP) is 2.52. The molecule has 1 aromatic carbocycles. The predicted molar refractivity (Wildman–Crippen MR) is 88.1 cm³/mol. The van der Waals surface area contributed by atoms with Gasteiger partial charge in [0, 0.05) is 43.5 Å². The van der Waals surface area contributed by atoms with E-state index in [1.54, 1.807) is 6.07 Å². The lowest BCUT2D eigenvalue weighted by Gasteiger charge is -2.33. The maximum absolute atomic E-state index is 11.0. The highest BCUT2D eigenvalue weighted by Crippen LogP contribution is 2.42. The largest absolute Gasteiger partial charge is 0.490 e. The summed E-state index contributed by atoms with van der Waals surface area (Å²) < 4.78 is 5.21. The van der Waals surface area contributed by atoms with Gasteiger partial charge in [0.1, 0.15) is 0 Å². The quantitative estimate of drug-likeness (QED) is 0.633. The van der Waals surface area contributed by atoms with Crippen LogP contribution in [0.3, 0.4) is 0 Å². The lowest BCUT2D eigenvalue weighted by Crippen LogP contribution is -2.39. The van der Waals surface area contributed by atoms with Crippen LogP contribution in [-0.2, 0) is 0 Å². The van der Waals surface area contributed by atoms with E-state index in [-0.39, 0.29) is 10.6 Å². The maximum atomic E-state index is 11.0. The van der Waals surface area contributed by atoms with Crippen LogP contribution in [0, 0.1) is 22.0 Å². The van der Waals surface area contributed by atoms with Crippen molar-refractivity contribution >= 4 is 11.4 Å². The summed E-state index contributed by atoms with van der Waals surface area (Å²) >= 11 is 0. The average molecular weight is 317 g/mol. The van der Waals surface area contributed by atoms with E-state index in [1.165, 1.54) is 39.5 Å². The number of benzene rings is 1. The van der Waals surface area contributed by atoms with Gasteiger partial charge in [-0.2, -0.15) is 0 Å². The number of hydrogen-bond donors (Lipinski definition) is 0. The van der Waals surface area contributed by atoms with E-state index in [9.17, 15) is 10.1 Å². The number of methoxy groups -OCH3 is 1. The highest BCUT2D eigenvalue weighted by Gasteiger charge is 2.47. The number of nitro groups is 1. The number of fused-ring (bicyclic) bond motifs is 3. The minimum absolute atomic E-state index is 0.0362. The minimum atomic E-state index is -0.388. The molecule has 3 aliphatic heterocycles. The lowest BCUT2D eigenvalue weighted by atomic mass is 9.90. The van der Waals surface area contributed by atoms with Gasteiger partial charge in [0.25, 0.3) is 0 Å². The highest BCUT2D eigenvalue weighted by molar-refractivity contribution is 5.60. The summed E-state index contributed by atoms with van der Waals surface area (Å²) in [6, 6.07) is 5.99. The standard InChI is InChI=1S/C17H23N3O3/c1-23-17-8-13(5-6-16(17)20(21)22)19-10-12-9-18-7-3-2-4-15(18)14(12)11-19/h5-6,8,12,14-15H,2-4,7,9-11H2,1H3/t12-,14+,15-/m0/s1. The molecular weight excluding hydrogens is 294 g/mol. The second-order valence-corrected chi connectivity index (χ2v) is 7.00. The molecule has 0 N–H and O–H groups in total. The summed E-state index contributed by atoms with van der Waals surface area (Å²) in [4.78, 5) is 15.7. The normalized spacial score (nSPS) is 30.1. The third-order valence-electron chi connectivity index (χ3n) is 5.84. The molecule has 3 fully saturated rings. The molecule has 0 radical (unpaired) electrons. The first-order chi connectivity index (χ1) is 11.2. The number of ether oxygens (including phenoxy) is 1. The Labute approximate surface area is 136 Å². The van der Waals surface area contributed by atoms with Crippen molar-refractivity contribution in [2.45, 2.75) is 25.3 Å². The molecule has 0 bridgehead atoms. The number of hydrogen-bond acceptors (Lipinski definition) is 5. The van der Waals surface area contributed by atoms with Crippen molar-refractivity contribution in [2.24, 2.45) is 11.8 Å². The van der Waals surface area contributed by atoms with Gasteiger partial charge in [0.15, 0.2) is 5.75 Å². The van der Waals surface area contributed by atoms with Crippen LogP contribution in [0.15, 0.2) is 18.2 Å². The van der Waals surface area contributed by atoms with Gasteiger partial charge in [-0.25, -0.2) is 0 Å². The van der Waals surface area contributed by atoms with Crippen molar-refractivity contribution in [3.63, 3.8) is 0 Å². The first kappa shape index (κ1) is 14.8. The Hall–Kier alpha value is -1.82. The maximum Gasteiger partial charge on any atom is 0.311 e. The van der Waals surface area contributed by atoms with Gasteiger partial charge in [-0.3, -0.25) is 15.0 Å². The molecule has 4 rings (SSSR count). The molecule has 1 aromatic rings. The van der Waals surface area contributed by atoms with Crippen LogP contribution in [-0.4, -0.2) is 49.2 Å². The number of nitro benzene ring substituents is 1. The molecule has 6 nitrogen and oxygen atoms in total. The third kappa shape index (κ3) is 2.45. The topological polar surface area (TPSA) is 58.8 Å². The van der Waals surface area contributed by atoms with Crippen molar-refractivity contribution < 1.29 is 9.66 Å². The monoisotopic (exact) mass is 317 g/mol. The van der Waals surface area contributed by atoms with E-state index in [0.717, 1.165) is 36.7 Å². The van der Waals surface area contributed by atoms with Crippen molar-refractivity contribution in [3.8, 4) is 5.75 Å². The molecule has 6 heteroatoms. The zero-order valence-corrected chi connectivity index (χ0v) is 13.5. The molecule has 0 amide bonds. The fourth-order valence-corrected chi connectivity index (χ4v) is 4.78. The lowest BCUT2D eigenvalue weighted by molar-refractivity contribution is -0.385. The summed E-state index contributed by atoms with van der Waals surface area (Å²) in [5.74, 6) is 1.83. The molecule has 124 valence electrons. The molecule has 3 heterocycles. The Morgan fingerprint density at radius 1 is 1.26 bits per heavy atom. The van der Waals surface area contributed by atoms with Crippen LogP contribution in [0.4, 0.5) is 11.4 Å². The molecule has 23 heavy (non-hydrogen) atoms. The molecule has 0 aliphatic carbocycles. The Bertz CT molecular complexity index is 621. The van der Waals surface area contributed by atoms with Gasteiger partial charge in [-0.15, -0.1) is 0 Å². The van der Waals surface area contributed by atoms with Crippen LogP contribution in [0.1, 0.15) is 19.3 Å². The first-order valence-corrected chi connectivity index (χ1v) is 8.49. The Morgan fingerprint density at radius 3 is 2.91 bits per heavy atom. The smallest absolute Gasteiger partial charge is 0.311 e. The number of nitrogens with zero attached hydrogens (tertiary/aromatic N) is 3. The fourth-order valence-electron chi connectivity index (χ4n) is 4.78. The molecule has 0 unspecified atom stereocenters. The summed E-state index contributed by atoms with van der Waals surface area (Å²) in [7, 11) is 1.49. The zero-order chi connectivity index (χ0) is 16.0. The van der Waals surface area contributed by atoms with Crippen molar-refractivity contribution in [2.75, 3.05) is 38.2 Å². The van der Waals surface area contributed by atoms with E-state index < -0.39 is 0 Å². The van der Waals surface area contributed by atoms with E-state index in [4.69, 9.17) is 4.74 Å². The molecule has 0 spiro atoms. The van der Waals surface area contributed by atoms with Gasteiger partial charge >= 0.3 is 5.69 Å². The molecular formula is C17H23N3O3. The third-order valence-corrected chi connectivity index (χ3v) is 5.84. The van der Waals surface area contributed by atoms with E-state index in [1.807, 2.05) is 12.1 Å². The van der Waals surface area contributed by atoms with Gasteiger partial charge in [-0.1, -0.05) is 6.42 Å². The summed E-state index contributed by atoms with van der Waals surface area (Å²) in [5, 5.41) is 11.0. The van der Waals surface area contributed by atoms with Crippen LogP contribution in [0.2, 0.25) is 0 Å². The number of anilines is 1. The highest BCUT2D eigenvalue weighted by atomic mass is 16.6. The Morgan fingerprint density at radius 2 is 2.13 bits per heavy atom. The second kappa shape index (κ2) is 5.67. The van der Waals surface area contributed by atoms with Crippen LogP contribution >= 0.6 is 0 Å². The second-order valence-electron chi connectivity index (χ2n) is 7.00. The molecule has 0 aromatic heterocycles. The minimum Gasteiger partial charge on any atom is -0.490 e. The summed E-state index contributed by atoms with van der Waals surface area (Å²) in [5.41, 5.74) is 1.08. The molecule has 3 saturated heterocycles. The van der Waals surface area contributed by atoms with Gasteiger partial charge < -0.3 is 9.64 Å². The van der Waals surface area contributed by atoms with Crippen molar-refractivity contribution in [3.05, 3.63) is 28.3 Å². The van der Waals surface area contributed by atoms with E-state index in [0.29, 0.717) is 5.75 Å². The number of rotatable bonds is 3. The van der Waals surface area contributed by atoms with Crippen molar-refractivity contribution in [1.29, 1.82) is 0 Å². The van der Waals surface area contributed by atoms with Crippen molar-refractivity contribution in [1.82, 2.24) is 4.90 Å². The van der Waals surface area contributed by atoms with Gasteiger partial charge in [0.05, 0.1) is 12.0 Å². The first-order valence-electron chi connectivity index (χ1n) is 8.49. The fraction of sp³-hybridized carbons (Fsp3) is 0.647. The molecule has 0 saturated carbocycles. The van der Waals surface area contributed by atoms with Crippen LogP contribution < -0.4 is 9.64 Å². The van der Waals surface area contributed by atoms with Gasteiger partial charge in [-0.05, 0) is 37.3 Å². The average Bonchev–Trinajstić information content (AvgIpc) is 3.11. The summed E-state index contributed by atoms with van der Waals surface area (Å²) in [6.07, 6.45) is 4.04. The van der Waals surface area contributed by atoms with Crippen LogP contribution in [0.25, 0.3) is 0 Å². The molecule has 3 atom stereocenters. The van der Waals surface area contributed by atoms with Gasteiger partial charge in [0.2, 0.25) is 0 Å². The van der Waals surface area contributed by atoms with Crippen LogP contribution in [0.5, 0.6) is 5.75 Å². The Balaban J connectivity index is 1.53. The Kier molecular flexibility index (Phi) is 3.64.